The Bertz CT molecular complexity index is 721. The highest BCUT2D eigenvalue weighted by Crippen LogP contribution is 2.24. The average Bonchev–Trinajstić information content (AvgIpc) is 2.68. The highest BCUT2D eigenvalue weighted by Gasteiger charge is 2.21. The van der Waals surface area contributed by atoms with Crippen LogP contribution in [0.4, 0.5) is 0 Å². The summed E-state index contributed by atoms with van der Waals surface area (Å²) in [6.45, 7) is 9.71. The van der Waals surface area contributed by atoms with Crippen molar-refractivity contribution in [3.63, 3.8) is 0 Å². The van der Waals surface area contributed by atoms with E-state index < -0.39 is 6.10 Å². The van der Waals surface area contributed by atoms with Crippen LogP contribution >= 0.6 is 0 Å². The second kappa shape index (κ2) is 10.1. The molecule has 0 amide bonds. The third kappa shape index (κ3) is 6.08. The summed E-state index contributed by atoms with van der Waals surface area (Å²) >= 11 is 0. The Hall–Kier alpha value is -1.84. The topological polar surface area (TPSA) is 32.7 Å². The predicted molar refractivity (Wildman–Crippen MR) is 116 cm³/mol. The Morgan fingerprint density at radius 3 is 2.43 bits per heavy atom. The molecule has 1 heterocycles. The molecule has 2 aromatic rings. The quantitative estimate of drug-likeness (QED) is 0.712. The van der Waals surface area contributed by atoms with Crippen molar-refractivity contribution in [3.05, 3.63) is 65.2 Å². The molecule has 1 atom stereocenters. The second-order valence-corrected chi connectivity index (χ2v) is 8.57. The van der Waals surface area contributed by atoms with E-state index in [1.807, 2.05) is 6.07 Å². The lowest BCUT2D eigenvalue weighted by molar-refractivity contribution is 0.0550. The van der Waals surface area contributed by atoms with Gasteiger partial charge in [0.1, 0.15) is 18.5 Å². The summed E-state index contributed by atoms with van der Waals surface area (Å²) in [6.07, 6.45) is 3.14. The largest absolute Gasteiger partial charge is 0.491 e. The van der Waals surface area contributed by atoms with E-state index in [9.17, 15) is 5.11 Å². The van der Waals surface area contributed by atoms with Gasteiger partial charge in [-0.2, -0.15) is 0 Å². The molecule has 1 N–H and O–H groups in total. The van der Waals surface area contributed by atoms with Crippen LogP contribution in [0.15, 0.2) is 48.5 Å². The Balaban J connectivity index is 1.39. The first kappa shape index (κ1) is 20.9. The van der Waals surface area contributed by atoms with Gasteiger partial charge in [0.15, 0.2) is 0 Å². The van der Waals surface area contributed by atoms with Gasteiger partial charge in [0, 0.05) is 6.54 Å². The van der Waals surface area contributed by atoms with Crippen molar-refractivity contribution in [1.82, 2.24) is 4.90 Å². The molecule has 3 nitrogen and oxygen atoms in total. The van der Waals surface area contributed by atoms with Gasteiger partial charge in [-0.3, -0.25) is 0 Å². The van der Waals surface area contributed by atoms with Crippen LogP contribution in [0.25, 0.3) is 0 Å². The number of β-amino-alcohol motifs (C(OH)–C–C–N with tert-alkyl or cyclic N) is 1. The van der Waals surface area contributed by atoms with E-state index in [1.165, 1.54) is 36.0 Å². The van der Waals surface area contributed by atoms with Gasteiger partial charge >= 0.3 is 0 Å². The van der Waals surface area contributed by atoms with Crippen molar-refractivity contribution in [2.45, 2.75) is 52.1 Å². The Morgan fingerprint density at radius 1 is 1.07 bits per heavy atom. The monoisotopic (exact) mass is 381 g/mol. The van der Waals surface area contributed by atoms with Crippen LogP contribution in [0.3, 0.4) is 0 Å². The first-order valence-corrected chi connectivity index (χ1v) is 10.7. The van der Waals surface area contributed by atoms with Crippen LogP contribution in [0.1, 0.15) is 49.3 Å². The third-order valence-corrected chi connectivity index (χ3v) is 5.85. The molecular formula is C25H35NO2. The van der Waals surface area contributed by atoms with Gasteiger partial charge in [0.05, 0.1) is 0 Å². The summed E-state index contributed by atoms with van der Waals surface area (Å²) in [4.78, 5) is 2.38. The number of aryl methyl sites for hydroxylation is 1. The summed E-state index contributed by atoms with van der Waals surface area (Å²) < 4.78 is 5.85. The van der Waals surface area contributed by atoms with Crippen molar-refractivity contribution in [1.29, 1.82) is 0 Å². The average molecular weight is 382 g/mol. The fourth-order valence-corrected chi connectivity index (χ4v) is 4.25. The van der Waals surface area contributed by atoms with E-state index in [-0.39, 0.29) is 0 Å². The molecule has 1 saturated heterocycles. The van der Waals surface area contributed by atoms with Gasteiger partial charge in [0.25, 0.3) is 0 Å². The SMILES string of the molecule is Cc1cc(OC[C@H](O)CN2CCC(Cc3ccccc3)CC2)ccc1C(C)C. The Labute approximate surface area is 170 Å². The lowest BCUT2D eigenvalue weighted by atomic mass is 9.90. The fraction of sp³-hybridized carbons (Fsp3) is 0.520. The molecule has 0 saturated carbocycles. The van der Waals surface area contributed by atoms with E-state index >= 15 is 0 Å². The number of piperidine rings is 1. The highest BCUT2D eigenvalue weighted by molar-refractivity contribution is 5.36. The summed E-state index contributed by atoms with van der Waals surface area (Å²) in [7, 11) is 0. The number of rotatable bonds is 8. The molecule has 0 spiro atoms. The Kier molecular flexibility index (Phi) is 7.52. The molecule has 0 bridgehead atoms. The van der Waals surface area contributed by atoms with Crippen LogP contribution in [0, 0.1) is 12.8 Å². The van der Waals surface area contributed by atoms with E-state index in [0.717, 1.165) is 24.8 Å². The minimum absolute atomic E-state index is 0.352. The van der Waals surface area contributed by atoms with Crippen molar-refractivity contribution in [2.24, 2.45) is 5.92 Å². The Morgan fingerprint density at radius 2 is 1.79 bits per heavy atom. The zero-order valence-corrected chi connectivity index (χ0v) is 17.6. The summed E-state index contributed by atoms with van der Waals surface area (Å²) in [5.74, 6) is 2.13. The maximum absolute atomic E-state index is 10.4. The molecule has 152 valence electrons. The standard InChI is InChI=1S/C25H35NO2/c1-19(2)25-10-9-24(15-20(25)3)28-18-23(27)17-26-13-11-22(12-14-26)16-21-7-5-4-6-8-21/h4-10,15,19,22-23,27H,11-14,16-18H2,1-3H3/t23-/m1/s1. The van der Waals surface area contributed by atoms with Gasteiger partial charge < -0.3 is 14.7 Å². The molecular weight excluding hydrogens is 346 g/mol. The summed E-state index contributed by atoms with van der Waals surface area (Å²) in [6, 6.07) is 17.0. The van der Waals surface area contributed by atoms with Crippen molar-refractivity contribution < 1.29 is 9.84 Å². The van der Waals surface area contributed by atoms with E-state index in [0.29, 0.717) is 19.1 Å². The first-order chi connectivity index (χ1) is 13.5. The van der Waals surface area contributed by atoms with E-state index in [4.69, 9.17) is 4.74 Å². The molecule has 2 aromatic carbocycles. The van der Waals surface area contributed by atoms with Crippen LogP contribution in [-0.4, -0.2) is 42.4 Å². The zero-order valence-electron chi connectivity index (χ0n) is 17.6. The summed E-state index contributed by atoms with van der Waals surface area (Å²) in [5.41, 5.74) is 4.04. The first-order valence-electron chi connectivity index (χ1n) is 10.7. The second-order valence-electron chi connectivity index (χ2n) is 8.57. The molecule has 0 radical (unpaired) electrons. The summed E-state index contributed by atoms with van der Waals surface area (Å²) in [5, 5.41) is 10.4. The molecule has 0 aliphatic carbocycles. The number of ether oxygens (including phenoxy) is 1. The molecule has 1 aliphatic heterocycles. The number of benzene rings is 2. The number of likely N-dealkylation sites (tertiary alicyclic amines) is 1. The van der Waals surface area contributed by atoms with Crippen molar-refractivity contribution in [3.8, 4) is 5.75 Å². The van der Waals surface area contributed by atoms with Gasteiger partial charge in [-0.25, -0.2) is 0 Å². The molecule has 0 aromatic heterocycles. The highest BCUT2D eigenvalue weighted by atomic mass is 16.5. The van der Waals surface area contributed by atoms with Crippen LogP contribution in [0.2, 0.25) is 0 Å². The lowest BCUT2D eigenvalue weighted by Crippen LogP contribution is -2.41. The van der Waals surface area contributed by atoms with Gasteiger partial charge in [-0.1, -0.05) is 50.2 Å². The molecule has 1 aliphatic rings. The van der Waals surface area contributed by atoms with Crippen LogP contribution in [0.5, 0.6) is 5.75 Å². The van der Waals surface area contributed by atoms with E-state index in [2.05, 4.69) is 68.1 Å². The molecule has 28 heavy (non-hydrogen) atoms. The molecule has 0 unspecified atom stereocenters. The predicted octanol–water partition coefficient (Wildman–Crippen LogP) is 4.81. The van der Waals surface area contributed by atoms with Crippen LogP contribution in [-0.2, 0) is 6.42 Å². The smallest absolute Gasteiger partial charge is 0.119 e. The molecule has 3 heteroatoms. The zero-order chi connectivity index (χ0) is 19.9. The number of aliphatic hydroxyl groups is 1. The minimum Gasteiger partial charge on any atom is -0.491 e. The van der Waals surface area contributed by atoms with Crippen molar-refractivity contribution >= 4 is 0 Å². The van der Waals surface area contributed by atoms with Crippen molar-refractivity contribution in [2.75, 3.05) is 26.2 Å². The lowest BCUT2D eigenvalue weighted by Gasteiger charge is -2.33. The number of nitrogens with zero attached hydrogens (tertiary/aromatic N) is 1. The number of aliphatic hydroxyl groups excluding tert-OH is 1. The number of hydrogen-bond acceptors (Lipinski definition) is 3. The minimum atomic E-state index is -0.448. The van der Waals surface area contributed by atoms with Gasteiger partial charge in [0.2, 0.25) is 0 Å². The van der Waals surface area contributed by atoms with Crippen LogP contribution < -0.4 is 4.74 Å². The van der Waals surface area contributed by atoms with E-state index in [1.54, 1.807) is 0 Å². The third-order valence-electron chi connectivity index (χ3n) is 5.85. The van der Waals surface area contributed by atoms with Gasteiger partial charge in [-0.05, 0) is 79.9 Å². The maximum atomic E-state index is 10.4. The van der Waals surface area contributed by atoms with Gasteiger partial charge in [-0.15, -0.1) is 0 Å². The normalized spacial score (nSPS) is 17.0. The molecule has 3 rings (SSSR count). The maximum Gasteiger partial charge on any atom is 0.119 e. The fourth-order valence-electron chi connectivity index (χ4n) is 4.25. The molecule has 1 fully saturated rings. The number of hydrogen-bond donors (Lipinski definition) is 1.